The average molecular weight is 293 g/mol. The van der Waals surface area contributed by atoms with Crippen molar-refractivity contribution in [2.24, 2.45) is 0 Å². The van der Waals surface area contributed by atoms with E-state index in [1.54, 1.807) is 31.2 Å². The topological polar surface area (TPSA) is 46.3 Å². The van der Waals surface area contributed by atoms with Gasteiger partial charge in [0.25, 0.3) is 5.91 Å². The highest BCUT2D eigenvalue weighted by atomic mass is 35.5. The van der Waals surface area contributed by atoms with Crippen molar-refractivity contribution < 1.29 is 9.18 Å². The number of nitrogens with two attached hydrogens (primary N) is 1. The predicted octanol–water partition coefficient (Wildman–Crippen LogP) is 3.65. The SMILES string of the molecule is Cc1ccc(C(=O)N(C)c2cc(Cl)ccc2N)c(F)c1. The van der Waals surface area contributed by atoms with E-state index in [1.165, 1.54) is 24.1 Å². The van der Waals surface area contributed by atoms with Gasteiger partial charge < -0.3 is 10.6 Å². The van der Waals surface area contributed by atoms with Crippen LogP contribution in [-0.4, -0.2) is 13.0 Å². The van der Waals surface area contributed by atoms with Crippen molar-refractivity contribution >= 4 is 28.9 Å². The highest BCUT2D eigenvalue weighted by molar-refractivity contribution is 6.31. The van der Waals surface area contributed by atoms with E-state index in [-0.39, 0.29) is 5.56 Å². The number of hydrogen-bond acceptors (Lipinski definition) is 2. The molecule has 2 rings (SSSR count). The van der Waals surface area contributed by atoms with Crippen molar-refractivity contribution in [1.29, 1.82) is 0 Å². The van der Waals surface area contributed by atoms with Crippen molar-refractivity contribution in [3.05, 3.63) is 58.4 Å². The Morgan fingerprint density at radius 3 is 2.60 bits per heavy atom. The summed E-state index contributed by atoms with van der Waals surface area (Å²) in [6.07, 6.45) is 0. The highest BCUT2D eigenvalue weighted by Gasteiger charge is 2.19. The Bertz CT molecular complexity index is 673. The molecule has 0 saturated heterocycles. The van der Waals surface area contributed by atoms with Crippen molar-refractivity contribution in [3.63, 3.8) is 0 Å². The van der Waals surface area contributed by atoms with E-state index in [0.29, 0.717) is 16.4 Å². The Morgan fingerprint density at radius 2 is 1.95 bits per heavy atom. The molecule has 0 bridgehead atoms. The fourth-order valence-electron chi connectivity index (χ4n) is 1.89. The first-order valence-corrected chi connectivity index (χ1v) is 6.37. The summed E-state index contributed by atoms with van der Waals surface area (Å²) in [7, 11) is 1.53. The molecule has 104 valence electrons. The molecule has 0 unspecified atom stereocenters. The number of halogens is 2. The fourth-order valence-corrected chi connectivity index (χ4v) is 2.06. The molecular formula is C15H14ClFN2O. The lowest BCUT2D eigenvalue weighted by molar-refractivity contribution is 0.0989. The number of rotatable bonds is 2. The van der Waals surface area contributed by atoms with E-state index in [2.05, 4.69) is 0 Å². The lowest BCUT2D eigenvalue weighted by atomic mass is 10.1. The molecule has 0 saturated carbocycles. The Kier molecular flexibility index (Phi) is 3.95. The van der Waals surface area contributed by atoms with Crippen LogP contribution >= 0.6 is 11.6 Å². The minimum absolute atomic E-state index is 0.00234. The normalized spacial score (nSPS) is 10.4. The number of hydrogen-bond donors (Lipinski definition) is 1. The van der Waals surface area contributed by atoms with Crippen LogP contribution in [-0.2, 0) is 0 Å². The predicted molar refractivity (Wildman–Crippen MR) is 79.7 cm³/mol. The fraction of sp³-hybridized carbons (Fsp3) is 0.133. The number of anilines is 2. The van der Waals surface area contributed by atoms with E-state index < -0.39 is 11.7 Å². The second-order valence-electron chi connectivity index (χ2n) is 4.55. The first kappa shape index (κ1) is 14.3. The quantitative estimate of drug-likeness (QED) is 0.859. The van der Waals surface area contributed by atoms with Gasteiger partial charge in [-0.3, -0.25) is 4.79 Å². The Balaban J connectivity index is 2.40. The molecule has 0 aliphatic heterocycles. The number of benzene rings is 2. The van der Waals surface area contributed by atoms with Gasteiger partial charge in [-0.25, -0.2) is 4.39 Å². The first-order chi connectivity index (χ1) is 9.40. The lowest BCUT2D eigenvalue weighted by Gasteiger charge is -2.20. The van der Waals surface area contributed by atoms with Crippen molar-refractivity contribution in [2.45, 2.75) is 6.92 Å². The zero-order valence-corrected chi connectivity index (χ0v) is 11.9. The van der Waals surface area contributed by atoms with E-state index >= 15 is 0 Å². The molecule has 0 fully saturated rings. The molecule has 3 nitrogen and oxygen atoms in total. The van der Waals surface area contributed by atoms with Crippen LogP contribution in [0.1, 0.15) is 15.9 Å². The molecule has 2 N–H and O–H groups in total. The van der Waals surface area contributed by atoms with Crippen molar-refractivity contribution in [2.75, 3.05) is 17.7 Å². The molecule has 0 spiro atoms. The molecule has 2 aromatic carbocycles. The van der Waals surface area contributed by atoms with Crippen LogP contribution in [0, 0.1) is 12.7 Å². The van der Waals surface area contributed by atoms with Gasteiger partial charge in [0.1, 0.15) is 5.82 Å². The molecular weight excluding hydrogens is 279 g/mol. The maximum absolute atomic E-state index is 13.9. The van der Waals surface area contributed by atoms with Crippen LogP contribution in [0.15, 0.2) is 36.4 Å². The van der Waals surface area contributed by atoms with Gasteiger partial charge >= 0.3 is 0 Å². The van der Waals surface area contributed by atoms with Crippen molar-refractivity contribution in [3.8, 4) is 0 Å². The third-order valence-corrected chi connectivity index (χ3v) is 3.25. The molecule has 2 aromatic rings. The summed E-state index contributed by atoms with van der Waals surface area (Å²) in [5.41, 5.74) is 7.42. The Hall–Kier alpha value is -2.07. The lowest BCUT2D eigenvalue weighted by Crippen LogP contribution is -2.27. The molecule has 0 radical (unpaired) electrons. The first-order valence-electron chi connectivity index (χ1n) is 5.99. The van der Waals surface area contributed by atoms with Gasteiger partial charge in [0, 0.05) is 12.1 Å². The van der Waals surface area contributed by atoms with Crippen LogP contribution in [0.3, 0.4) is 0 Å². The zero-order valence-electron chi connectivity index (χ0n) is 11.2. The van der Waals surface area contributed by atoms with Gasteiger partial charge in [0.2, 0.25) is 0 Å². The highest BCUT2D eigenvalue weighted by Crippen LogP contribution is 2.27. The molecule has 0 aliphatic carbocycles. The standard InChI is InChI=1S/C15H14ClFN2O/c1-9-3-5-11(12(17)7-9)15(20)19(2)14-8-10(16)4-6-13(14)18/h3-8H,18H2,1-2H3. The molecule has 0 aliphatic rings. The van der Waals surface area contributed by atoms with Crippen molar-refractivity contribution in [1.82, 2.24) is 0 Å². The molecule has 5 heteroatoms. The molecule has 0 aromatic heterocycles. The maximum Gasteiger partial charge on any atom is 0.261 e. The van der Waals surface area contributed by atoms with E-state index in [1.807, 2.05) is 0 Å². The number of carbonyl (C=O) groups excluding carboxylic acids is 1. The van der Waals surface area contributed by atoms with Crippen LogP contribution in [0.5, 0.6) is 0 Å². The second-order valence-corrected chi connectivity index (χ2v) is 4.99. The zero-order chi connectivity index (χ0) is 14.9. The van der Waals surface area contributed by atoms with Gasteiger partial charge in [-0.1, -0.05) is 17.7 Å². The monoisotopic (exact) mass is 292 g/mol. The number of nitrogen functional groups attached to an aromatic ring is 1. The summed E-state index contributed by atoms with van der Waals surface area (Å²) in [6.45, 7) is 1.76. The summed E-state index contributed by atoms with van der Waals surface area (Å²) in [5, 5.41) is 0.457. The van der Waals surface area contributed by atoms with Crippen LogP contribution in [0.2, 0.25) is 5.02 Å². The van der Waals surface area contributed by atoms with Gasteiger partial charge in [0.15, 0.2) is 0 Å². The summed E-state index contributed by atoms with van der Waals surface area (Å²) in [4.78, 5) is 13.6. The van der Waals surface area contributed by atoms with Crippen LogP contribution in [0.25, 0.3) is 0 Å². The van der Waals surface area contributed by atoms with Gasteiger partial charge in [-0.2, -0.15) is 0 Å². The smallest absolute Gasteiger partial charge is 0.261 e. The number of carbonyl (C=O) groups is 1. The third kappa shape index (κ3) is 2.75. The molecule has 0 atom stereocenters. The number of aryl methyl sites for hydroxylation is 1. The largest absolute Gasteiger partial charge is 0.397 e. The molecule has 0 heterocycles. The molecule has 1 amide bonds. The van der Waals surface area contributed by atoms with Crippen LogP contribution in [0.4, 0.5) is 15.8 Å². The summed E-state index contributed by atoms with van der Waals surface area (Å²) in [5.74, 6) is -1.03. The third-order valence-electron chi connectivity index (χ3n) is 3.01. The number of amides is 1. The second kappa shape index (κ2) is 5.51. The van der Waals surface area contributed by atoms with E-state index in [4.69, 9.17) is 17.3 Å². The number of nitrogens with zero attached hydrogens (tertiary/aromatic N) is 1. The van der Waals surface area contributed by atoms with Gasteiger partial charge in [-0.05, 0) is 42.8 Å². The Morgan fingerprint density at radius 1 is 1.25 bits per heavy atom. The summed E-state index contributed by atoms with van der Waals surface area (Å²) in [6, 6.07) is 9.27. The minimum atomic E-state index is -0.553. The van der Waals surface area contributed by atoms with Gasteiger partial charge in [-0.15, -0.1) is 0 Å². The Labute approximate surface area is 121 Å². The maximum atomic E-state index is 13.9. The van der Waals surface area contributed by atoms with Crippen LogP contribution < -0.4 is 10.6 Å². The van der Waals surface area contributed by atoms with Gasteiger partial charge in [0.05, 0.1) is 16.9 Å². The summed E-state index contributed by atoms with van der Waals surface area (Å²) < 4.78 is 13.9. The van der Waals surface area contributed by atoms with E-state index in [9.17, 15) is 9.18 Å². The average Bonchev–Trinajstić information content (AvgIpc) is 2.40. The minimum Gasteiger partial charge on any atom is -0.397 e. The molecule has 20 heavy (non-hydrogen) atoms. The summed E-state index contributed by atoms with van der Waals surface area (Å²) >= 11 is 5.90. The van der Waals surface area contributed by atoms with E-state index in [0.717, 1.165) is 5.56 Å².